The molecule has 3 aromatic rings. The van der Waals surface area contributed by atoms with Gasteiger partial charge in [-0.2, -0.15) is 0 Å². The van der Waals surface area contributed by atoms with Gasteiger partial charge in [-0.15, -0.1) is 0 Å². The van der Waals surface area contributed by atoms with E-state index in [-0.39, 0.29) is 0 Å². The molecule has 0 fully saturated rings. The summed E-state index contributed by atoms with van der Waals surface area (Å²) in [4.78, 5) is 9.43. The van der Waals surface area contributed by atoms with Crippen molar-refractivity contribution in [3.8, 4) is 5.75 Å². The van der Waals surface area contributed by atoms with E-state index in [1.807, 2.05) is 25.1 Å². The highest BCUT2D eigenvalue weighted by molar-refractivity contribution is 5.82. The van der Waals surface area contributed by atoms with Crippen molar-refractivity contribution >= 4 is 16.6 Å². The molecule has 2 heterocycles. The van der Waals surface area contributed by atoms with E-state index in [0.717, 1.165) is 52.4 Å². The number of benzene rings is 1. The Bertz CT molecular complexity index is 789. The molecule has 0 saturated heterocycles. The SMILES string of the molecule is CCCc1nc(C)c2c(C)nc3ccc(OC)cc3n12. The quantitative estimate of drug-likeness (QED) is 0.731. The molecule has 2 aromatic heterocycles. The molecule has 0 unspecified atom stereocenters. The van der Waals surface area contributed by atoms with Crippen molar-refractivity contribution in [2.45, 2.75) is 33.6 Å². The average molecular weight is 269 g/mol. The summed E-state index contributed by atoms with van der Waals surface area (Å²) < 4.78 is 7.58. The van der Waals surface area contributed by atoms with Gasteiger partial charge in [0.25, 0.3) is 0 Å². The highest BCUT2D eigenvalue weighted by Crippen LogP contribution is 2.26. The lowest BCUT2D eigenvalue weighted by atomic mass is 10.2. The number of nitrogens with zero attached hydrogens (tertiary/aromatic N) is 3. The second kappa shape index (κ2) is 4.78. The molecular formula is C16H19N3O. The zero-order chi connectivity index (χ0) is 14.3. The first-order valence-corrected chi connectivity index (χ1v) is 6.98. The molecule has 0 aliphatic carbocycles. The second-order valence-corrected chi connectivity index (χ2v) is 5.10. The molecule has 20 heavy (non-hydrogen) atoms. The van der Waals surface area contributed by atoms with Crippen molar-refractivity contribution in [1.82, 2.24) is 14.4 Å². The molecule has 4 heteroatoms. The van der Waals surface area contributed by atoms with Crippen LogP contribution < -0.4 is 4.74 Å². The fourth-order valence-corrected chi connectivity index (χ4v) is 2.80. The van der Waals surface area contributed by atoms with Crippen LogP contribution in [0, 0.1) is 13.8 Å². The number of fused-ring (bicyclic) bond motifs is 3. The number of rotatable bonds is 3. The predicted molar refractivity (Wildman–Crippen MR) is 80.5 cm³/mol. The van der Waals surface area contributed by atoms with E-state index in [2.05, 4.69) is 18.2 Å². The van der Waals surface area contributed by atoms with Crippen LogP contribution in [0.4, 0.5) is 0 Å². The number of hydrogen-bond acceptors (Lipinski definition) is 3. The Hall–Kier alpha value is -2.10. The van der Waals surface area contributed by atoms with Gasteiger partial charge in [0.05, 0.1) is 35.0 Å². The van der Waals surface area contributed by atoms with E-state index in [1.165, 1.54) is 0 Å². The van der Waals surface area contributed by atoms with E-state index >= 15 is 0 Å². The molecule has 1 aromatic carbocycles. The van der Waals surface area contributed by atoms with Crippen molar-refractivity contribution < 1.29 is 4.74 Å². The summed E-state index contributed by atoms with van der Waals surface area (Å²) in [5.41, 5.74) is 5.23. The van der Waals surface area contributed by atoms with E-state index in [9.17, 15) is 0 Å². The molecule has 104 valence electrons. The van der Waals surface area contributed by atoms with Crippen LogP contribution in [0.25, 0.3) is 16.6 Å². The Labute approximate surface area is 118 Å². The zero-order valence-corrected chi connectivity index (χ0v) is 12.4. The summed E-state index contributed by atoms with van der Waals surface area (Å²) in [6, 6.07) is 5.99. The number of hydrogen-bond donors (Lipinski definition) is 0. The first kappa shape index (κ1) is 12.9. The van der Waals surface area contributed by atoms with Crippen LogP contribution in [0.2, 0.25) is 0 Å². The van der Waals surface area contributed by atoms with E-state index in [0.29, 0.717) is 0 Å². The minimum absolute atomic E-state index is 0.846. The molecule has 0 radical (unpaired) electrons. The topological polar surface area (TPSA) is 39.4 Å². The van der Waals surface area contributed by atoms with Crippen LogP contribution in [-0.2, 0) is 6.42 Å². The van der Waals surface area contributed by atoms with Gasteiger partial charge >= 0.3 is 0 Å². The second-order valence-electron chi connectivity index (χ2n) is 5.10. The lowest BCUT2D eigenvalue weighted by Crippen LogP contribution is -2.00. The lowest BCUT2D eigenvalue weighted by molar-refractivity contribution is 0.415. The van der Waals surface area contributed by atoms with Crippen LogP contribution in [0.15, 0.2) is 18.2 Å². The number of aromatic nitrogens is 3. The highest BCUT2D eigenvalue weighted by Gasteiger charge is 2.14. The minimum atomic E-state index is 0.846. The van der Waals surface area contributed by atoms with E-state index in [1.54, 1.807) is 7.11 Å². The third-order valence-electron chi connectivity index (χ3n) is 3.65. The van der Waals surface area contributed by atoms with Gasteiger partial charge in [-0.3, -0.25) is 4.40 Å². The van der Waals surface area contributed by atoms with E-state index < -0.39 is 0 Å². The number of aryl methyl sites for hydroxylation is 3. The monoisotopic (exact) mass is 269 g/mol. The van der Waals surface area contributed by atoms with Gasteiger partial charge in [-0.25, -0.2) is 9.97 Å². The molecule has 0 atom stereocenters. The zero-order valence-electron chi connectivity index (χ0n) is 12.4. The fourth-order valence-electron chi connectivity index (χ4n) is 2.80. The Morgan fingerprint density at radius 1 is 1.15 bits per heavy atom. The Balaban J connectivity index is 2.47. The minimum Gasteiger partial charge on any atom is -0.497 e. The Morgan fingerprint density at radius 2 is 1.90 bits per heavy atom. The van der Waals surface area contributed by atoms with E-state index in [4.69, 9.17) is 14.7 Å². The Morgan fingerprint density at radius 3 is 2.60 bits per heavy atom. The van der Waals surface area contributed by atoms with Crippen molar-refractivity contribution in [3.63, 3.8) is 0 Å². The third-order valence-corrected chi connectivity index (χ3v) is 3.65. The smallest absolute Gasteiger partial charge is 0.121 e. The standard InChI is InChI=1S/C16H19N3O/c1-5-6-15-18-11(3)16-10(2)17-13-8-7-12(20-4)9-14(13)19(15)16/h7-9H,5-6H2,1-4H3. The Kier molecular flexibility index (Phi) is 3.08. The summed E-state index contributed by atoms with van der Waals surface area (Å²) in [5, 5.41) is 0. The van der Waals surface area contributed by atoms with Crippen molar-refractivity contribution in [2.24, 2.45) is 0 Å². The lowest BCUT2D eigenvalue weighted by Gasteiger charge is -2.09. The largest absolute Gasteiger partial charge is 0.497 e. The first-order chi connectivity index (χ1) is 9.65. The van der Waals surface area contributed by atoms with Gasteiger partial charge < -0.3 is 4.74 Å². The van der Waals surface area contributed by atoms with Gasteiger partial charge in [0.1, 0.15) is 11.6 Å². The van der Waals surface area contributed by atoms with Crippen molar-refractivity contribution in [1.29, 1.82) is 0 Å². The average Bonchev–Trinajstić information content (AvgIpc) is 2.77. The molecule has 4 nitrogen and oxygen atoms in total. The molecule has 0 bridgehead atoms. The van der Waals surface area contributed by atoms with Crippen LogP contribution in [0.3, 0.4) is 0 Å². The third kappa shape index (κ3) is 1.83. The highest BCUT2D eigenvalue weighted by atomic mass is 16.5. The van der Waals surface area contributed by atoms with Crippen LogP contribution in [-0.4, -0.2) is 21.5 Å². The fraction of sp³-hybridized carbons (Fsp3) is 0.375. The van der Waals surface area contributed by atoms with Crippen LogP contribution in [0.1, 0.15) is 30.6 Å². The molecule has 0 saturated carbocycles. The maximum atomic E-state index is 5.35. The van der Waals surface area contributed by atoms with Gasteiger partial charge in [0.15, 0.2) is 0 Å². The molecular weight excluding hydrogens is 250 g/mol. The maximum Gasteiger partial charge on any atom is 0.121 e. The van der Waals surface area contributed by atoms with Gasteiger partial charge in [-0.05, 0) is 32.4 Å². The van der Waals surface area contributed by atoms with Gasteiger partial charge in [0.2, 0.25) is 0 Å². The predicted octanol–water partition coefficient (Wildman–Crippen LogP) is 3.46. The molecule has 0 amide bonds. The molecule has 0 aliphatic rings. The molecule has 3 rings (SSSR count). The summed E-state index contributed by atoms with van der Waals surface area (Å²) in [5.74, 6) is 1.95. The summed E-state index contributed by atoms with van der Waals surface area (Å²) in [6.07, 6.45) is 2.04. The first-order valence-electron chi connectivity index (χ1n) is 6.98. The van der Waals surface area contributed by atoms with Crippen molar-refractivity contribution in [3.05, 3.63) is 35.4 Å². The summed E-state index contributed by atoms with van der Waals surface area (Å²) >= 11 is 0. The maximum absolute atomic E-state index is 5.35. The number of imidazole rings is 1. The van der Waals surface area contributed by atoms with Gasteiger partial charge in [0, 0.05) is 12.5 Å². The van der Waals surface area contributed by atoms with Crippen LogP contribution in [0.5, 0.6) is 5.75 Å². The normalized spacial score (nSPS) is 11.4. The van der Waals surface area contributed by atoms with Crippen molar-refractivity contribution in [2.75, 3.05) is 7.11 Å². The van der Waals surface area contributed by atoms with Crippen LogP contribution >= 0.6 is 0 Å². The molecule has 0 spiro atoms. The summed E-state index contributed by atoms with van der Waals surface area (Å²) in [7, 11) is 1.69. The van der Waals surface area contributed by atoms with Gasteiger partial charge in [-0.1, -0.05) is 6.92 Å². The molecule has 0 N–H and O–H groups in total. The molecule has 0 aliphatic heterocycles. The number of ether oxygens (including phenoxy) is 1. The summed E-state index contributed by atoms with van der Waals surface area (Å²) in [6.45, 7) is 6.27. The number of methoxy groups -OCH3 is 1.